The fourth-order valence-electron chi connectivity index (χ4n) is 3.01. The molecule has 156 valence electrons. The second kappa shape index (κ2) is 8.66. The van der Waals surface area contributed by atoms with Crippen molar-refractivity contribution < 1.29 is 14.5 Å². The van der Waals surface area contributed by atoms with Crippen molar-refractivity contribution in [2.45, 2.75) is 13.2 Å². The topological polar surface area (TPSA) is 104 Å². The Hall–Kier alpha value is -3.56. The van der Waals surface area contributed by atoms with Gasteiger partial charge in [-0.3, -0.25) is 24.3 Å². The Morgan fingerprint density at radius 2 is 1.94 bits per heavy atom. The number of halogens is 1. The van der Waals surface area contributed by atoms with Gasteiger partial charge in [0, 0.05) is 33.7 Å². The quantitative estimate of drug-likeness (QED) is 0.242. The minimum atomic E-state index is -0.602. The molecule has 0 fully saturated rings. The first-order valence-electron chi connectivity index (χ1n) is 9.04. The number of fused-ring (bicyclic) bond motifs is 1. The van der Waals surface area contributed by atoms with E-state index >= 15 is 0 Å². The van der Waals surface area contributed by atoms with Crippen LogP contribution in [-0.2, 0) is 22.7 Å². The Bertz CT molecular complexity index is 1350. The summed E-state index contributed by atoms with van der Waals surface area (Å²) in [6.45, 7) is -0.308. The lowest BCUT2D eigenvalue weighted by molar-refractivity contribution is -0.384. The van der Waals surface area contributed by atoms with Crippen molar-refractivity contribution >= 4 is 44.8 Å². The fraction of sp³-hybridized carbons (Fsp3) is 0.0952. The third-order valence-corrected chi connectivity index (χ3v) is 5.85. The van der Waals surface area contributed by atoms with Crippen LogP contribution in [0.5, 0.6) is 0 Å². The maximum Gasteiger partial charge on any atom is 0.326 e. The number of nitro groups is 1. The number of rotatable bonds is 6. The van der Waals surface area contributed by atoms with Gasteiger partial charge in [-0.05, 0) is 23.8 Å². The summed E-state index contributed by atoms with van der Waals surface area (Å²) >= 11 is 7.34. The van der Waals surface area contributed by atoms with Gasteiger partial charge in [-0.1, -0.05) is 29.8 Å². The zero-order chi connectivity index (χ0) is 22.0. The SMILES string of the molecule is O=C(Cn1cnc2scc(-c3ccc([N+](=O)[O-])cc3)c2c1=O)OCc1ccccc1Cl. The second-order valence-electron chi connectivity index (χ2n) is 6.56. The minimum Gasteiger partial charge on any atom is -0.459 e. The first-order valence-corrected chi connectivity index (χ1v) is 10.3. The lowest BCUT2D eigenvalue weighted by atomic mass is 10.1. The predicted octanol–water partition coefficient (Wildman–Crippen LogP) is 4.43. The molecule has 0 saturated carbocycles. The van der Waals surface area contributed by atoms with E-state index in [2.05, 4.69) is 4.98 Å². The predicted molar refractivity (Wildman–Crippen MR) is 117 cm³/mol. The van der Waals surface area contributed by atoms with Gasteiger partial charge < -0.3 is 4.74 Å². The van der Waals surface area contributed by atoms with Crippen LogP contribution in [0.1, 0.15) is 5.56 Å². The number of carbonyl (C=O) groups is 1. The Kier molecular flexibility index (Phi) is 5.79. The van der Waals surface area contributed by atoms with Crippen LogP contribution in [0.15, 0.2) is 65.0 Å². The summed E-state index contributed by atoms with van der Waals surface area (Å²) in [5.74, 6) is -0.602. The summed E-state index contributed by atoms with van der Waals surface area (Å²) < 4.78 is 6.42. The van der Waals surface area contributed by atoms with Crippen LogP contribution in [0.2, 0.25) is 5.02 Å². The van der Waals surface area contributed by atoms with Crippen molar-refractivity contribution in [2.24, 2.45) is 0 Å². The number of nitro benzene ring substituents is 1. The van der Waals surface area contributed by atoms with Gasteiger partial charge in [0.1, 0.15) is 18.0 Å². The molecule has 0 radical (unpaired) electrons. The average molecular weight is 456 g/mol. The van der Waals surface area contributed by atoms with Crippen LogP contribution in [0.4, 0.5) is 5.69 Å². The van der Waals surface area contributed by atoms with Crippen LogP contribution in [0.3, 0.4) is 0 Å². The molecule has 8 nitrogen and oxygen atoms in total. The molecule has 0 saturated heterocycles. The molecular weight excluding hydrogens is 442 g/mol. The molecule has 10 heteroatoms. The fourth-order valence-corrected chi connectivity index (χ4v) is 4.11. The lowest BCUT2D eigenvalue weighted by Crippen LogP contribution is -2.25. The van der Waals surface area contributed by atoms with E-state index in [0.29, 0.717) is 31.9 Å². The molecule has 31 heavy (non-hydrogen) atoms. The van der Waals surface area contributed by atoms with E-state index in [0.717, 1.165) is 0 Å². The number of aromatic nitrogens is 2. The van der Waals surface area contributed by atoms with Gasteiger partial charge in [-0.25, -0.2) is 4.98 Å². The van der Waals surface area contributed by atoms with Crippen molar-refractivity contribution in [3.63, 3.8) is 0 Å². The molecule has 0 aliphatic carbocycles. The molecule has 0 aliphatic rings. The highest BCUT2D eigenvalue weighted by atomic mass is 35.5. The number of nitrogens with zero attached hydrogens (tertiary/aromatic N) is 3. The van der Waals surface area contributed by atoms with Crippen molar-refractivity contribution in [3.8, 4) is 11.1 Å². The number of hydrogen-bond donors (Lipinski definition) is 0. The number of non-ortho nitro benzene ring substituents is 1. The maximum absolute atomic E-state index is 13.0. The van der Waals surface area contributed by atoms with Crippen molar-refractivity contribution in [1.29, 1.82) is 0 Å². The average Bonchev–Trinajstić information content (AvgIpc) is 3.20. The van der Waals surface area contributed by atoms with E-state index < -0.39 is 16.5 Å². The summed E-state index contributed by atoms with van der Waals surface area (Å²) in [6.07, 6.45) is 1.30. The normalized spacial score (nSPS) is 10.9. The molecule has 0 aliphatic heterocycles. The van der Waals surface area contributed by atoms with Crippen LogP contribution in [0.25, 0.3) is 21.3 Å². The van der Waals surface area contributed by atoms with E-state index in [-0.39, 0.29) is 18.8 Å². The Labute approximate surface area is 184 Å². The molecule has 0 atom stereocenters. The lowest BCUT2D eigenvalue weighted by Gasteiger charge is -2.08. The number of benzene rings is 2. The van der Waals surface area contributed by atoms with Gasteiger partial charge in [0.2, 0.25) is 0 Å². The molecule has 0 bridgehead atoms. The highest BCUT2D eigenvalue weighted by Crippen LogP contribution is 2.31. The number of carbonyl (C=O) groups excluding carboxylic acids is 1. The number of thiophene rings is 1. The first-order chi connectivity index (χ1) is 14.9. The van der Waals surface area contributed by atoms with E-state index in [9.17, 15) is 19.7 Å². The van der Waals surface area contributed by atoms with Crippen LogP contribution in [-0.4, -0.2) is 20.4 Å². The monoisotopic (exact) mass is 455 g/mol. The van der Waals surface area contributed by atoms with Gasteiger partial charge in [0.25, 0.3) is 11.2 Å². The third-order valence-electron chi connectivity index (χ3n) is 4.60. The highest BCUT2D eigenvalue weighted by molar-refractivity contribution is 7.17. The number of ether oxygens (including phenoxy) is 1. The molecule has 0 unspecified atom stereocenters. The summed E-state index contributed by atoms with van der Waals surface area (Å²) in [5, 5.41) is 13.5. The summed E-state index contributed by atoms with van der Waals surface area (Å²) in [4.78, 5) is 40.4. The van der Waals surface area contributed by atoms with Crippen molar-refractivity contribution in [3.05, 3.63) is 91.3 Å². The number of esters is 1. The molecule has 2 heterocycles. The Balaban J connectivity index is 1.58. The molecule has 0 spiro atoms. The van der Waals surface area contributed by atoms with Gasteiger partial charge in [-0.15, -0.1) is 11.3 Å². The molecule has 2 aromatic carbocycles. The Morgan fingerprint density at radius 3 is 2.65 bits per heavy atom. The molecule has 0 amide bonds. The summed E-state index contributed by atoms with van der Waals surface area (Å²) in [6, 6.07) is 12.9. The van der Waals surface area contributed by atoms with Crippen molar-refractivity contribution in [2.75, 3.05) is 0 Å². The zero-order valence-corrected chi connectivity index (χ0v) is 17.4. The van der Waals surface area contributed by atoms with Crippen LogP contribution in [0, 0.1) is 10.1 Å². The van der Waals surface area contributed by atoms with Gasteiger partial charge in [0.05, 0.1) is 16.6 Å². The molecule has 2 aromatic heterocycles. The van der Waals surface area contributed by atoms with E-state index in [1.165, 1.54) is 34.4 Å². The minimum absolute atomic E-state index is 0.00454. The molecule has 4 aromatic rings. The largest absolute Gasteiger partial charge is 0.459 e. The highest BCUT2D eigenvalue weighted by Gasteiger charge is 2.16. The molecule has 4 rings (SSSR count). The third kappa shape index (κ3) is 4.32. The van der Waals surface area contributed by atoms with E-state index in [4.69, 9.17) is 16.3 Å². The first kappa shape index (κ1) is 20.7. The zero-order valence-electron chi connectivity index (χ0n) is 15.9. The summed E-state index contributed by atoms with van der Waals surface area (Å²) in [5.41, 5.74) is 1.48. The van der Waals surface area contributed by atoms with E-state index in [1.807, 2.05) is 0 Å². The van der Waals surface area contributed by atoms with Gasteiger partial charge in [-0.2, -0.15) is 0 Å². The van der Waals surface area contributed by atoms with Gasteiger partial charge in [0.15, 0.2) is 0 Å². The molecular formula is C21H14ClN3O5S. The van der Waals surface area contributed by atoms with Gasteiger partial charge >= 0.3 is 5.97 Å². The second-order valence-corrected chi connectivity index (χ2v) is 7.83. The molecule has 0 N–H and O–H groups in total. The van der Waals surface area contributed by atoms with Crippen LogP contribution >= 0.6 is 22.9 Å². The standard InChI is InChI=1S/C21H14ClN3O5S/c22-17-4-2-1-3-14(17)10-30-18(26)9-24-12-23-20-19(21(24)27)16(11-31-20)13-5-7-15(8-6-13)25(28)29/h1-8,11-12H,9-10H2. The van der Waals surface area contributed by atoms with Crippen molar-refractivity contribution in [1.82, 2.24) is 9.55 Å². The van der Waals surface area contributed by atoms with Crippen LogP contribution < -0.4 is 5.56 Å². The summed E-state index contributed by atoms with van der Waals surface area (Å²) in [7, 11) is 0. The maximum atomic E-state index is 13.0. The smallest absolute Gasteiger partial charge is 0.326 e. The van der Waals surface area contributed by atoms with E-state index in [1.54, 1.807) is 41.8 Å². The number of hydrogen-bond acceptors (Lipinski definition) is 7. The Morgan fingerprint density at radius 1 is 1.19 bits per heavy atom.